The summed E-state index contributed by atoms with van der Waals surface area (Å²) >= 11 is 11.9. The van der Waals surface area contributed by atoms with Gasteiger partial charge in [0.05, 0.1) is 5.75 Å². The molecule has 2 aromatic rings. The molecule has 0 atom stereocenters. The summed E-state index contributed by atoms with van der Waals surface area (Å²) in [5.41, 5.74) is -0.925. The highest BCUT2D eigenvalue weighted by Crippen LogP contribution is 2.23. The quantitative estimate of drug-likeness (QED) is 0.714. The minimum absolute atomic E-state index is 0.0114. The SMILES string of the molecule is Cn1c(N2CCCCS2(=O)=O)nc(C(=O)NCc2ccc(Cl)cc2Cl)c(O)c1=O. The van der Waals surface area contributed by atoms with Gasteiger partial charge >= 0.3 is 0 Å². The van der Waals surface area contributed by atoms with Crippen LogP contribution < -0.4 is 15.2 Å². The van der Waals surface area contributed by atoms with Crippen LogP contribution in [0.3, 0.4) is 0 Å². The van der Waals surface area contributed by atoms with Crippen molar-refractivity contribution in [1.29, 1.82) is 0 Å². The predicted octanol–water partition coefficient (Wildman–Crippen LogP) is 1.65. The minimum atomic E-state index is -3.67. The molecule has 1 aromatic heterocycles. The highest BCUT2D eigenvalue weighted by Gasteiger charge is 2.31. The van der Waals surface area contributed by atoms with Crippen LogP contribution in [0.5, 0.6) is 5.75 Å². The van der Waals surface area contributed by atoms with Crippen molar-refractivity contribution in [2.45, 2.75) is 19.4 Å². The zero-order valence-electron chi connectivity index (χ0n) is 15.4. The Hall–Kier alpha value is -2.30. The number of anilines is 1. The highest BCUT2D eigenvalue weighted by atomic mass is 35.5. The molecule has 3 rings (SSSR count). The van der Waals surface area contributed by atoms with Gasteiger partial charge in [-0.3, -0.25) is 14.2 Å². The van der Waals surface area contributed by atoms with Crippen LogP contribution in [-0.2, 0) is 23.6 Å². The average Bonchev–Trinajstić information content (AvgIpc) is 2.66. The van der Waals surface area contributed by atoms with E-state index in [-0.39, 0.29) is 24.8 Å². The number of halogens is 2. The fourth-order valence-electron chi connectivity index (χ4n) is 2.90. The monoisotopic (exact) mass is 460 g/mol. The number of carbonyl (C=O) groups is 1. The summed E-state index contributed by atoms with van der Waals surface area (Å²) in [5.74, 6) is -2.02. The maximum atomic E-state index is 12.6. The van der Waals surface area contributed by atoms with E-state index in [1.54, 1.807) is 12.1 Å². The third-order valence-electron chi connectivity index (χ3n) is 4.49. The number of aromatic nitrogens is 2. The standard InChI is InChI=1S/C17H18Cl2N4O5S/c1-22-16(26)14(24)13(21-17(22)23-6-2-3-7-29(23,27)28)15(25)20-9-10-4-5-11(18)8-12(10)19/h4-5,8,24H,2-3,6-7,9H2,1H3,(H,20,25). The van der Waals surface area contributed by atoms with Crippen molar-refractivity contribution in [3.8, 4) is 5.75 Å². The summed E-state index contributed by atoms with van der Waals surface area (Å²) in [6.45, 7) is 0.122. The Kier molecular flexibility index (Phi) is 6.06. The van der Waals surface area contributed by atoms with Gasteiger partial charge in [0.15, 0.2) is 5.69 Å². The van der Waals surface area contributed by atoms with Crippen molar-refractivity contribution >= 4 is 45.1 Å². The molecule has 0 spiro atoms. The lowest BCUT2D eigenvalue weighted by atomic mass is 10.2. The van der Waals surface area contributed by atoms with E-state index in [2.05, 4.69) is 10.3 Å². The zero-order chi connectivity index (χ0) is 21.3. The van der Waals surface area contributed by atoms with Crippen LogP contribution in [0.15, 0.2) is 23.0 Å². The van der Waals surface area contributed by atoms with Gasteiger partial charge in [0, 0.05) is 30.2 Å². The Bertz CT molecular complexity index is 1130. The van der Waals surface area contributed by atoms with Gasteiger partial charge in [0.25, 0.3) is 11.5 Å². The zero-order valence-corrected chi connectivity index (χ0v) is 17.7. The largest absolute Gasteiger partial charge is 0.501 e. The molecule has 0 unspecified atom stereocenters. The van der Waals surface area contributed by atoms with Crippen molar-refractivity contribution in [3.63, 3.8) is 0 Å². The molecule has 1 saturated heterocycles. The first-order chi connectivity index (χ1) is 13.6. The molecule has 2 heterocycles. The molecular formula is C17H18Cl2N4O5S. The first-order valence-corrected chi connectivity index (χ1v) is 11.0. The van der Waals surface area contributed by atoms with Crippen LogP contribution in [-0.4, -0.2) is 41.3 Å². The molecule has 12 heteroatoms. The summed E-state index contributed by atoms with van der Waals surface area (Å²) in [7, 11) is -2.39. The van der Waals surface area contributed by atoms with E-state index in [1.165, 1.54) is 13.1 Å². The average molecular weight is 461 g/mol. The molecule has 2 N–H and O–H groups in total. The molecular weight excluding hydrogens is 443 g/mol. The topological polar surface area (TPSA) is 122 Å². The van der Waals surface area contributed by atoms with E-state index < -0.39 is 32.9 Å². The van der Waals surface area contributed by atoms with E-state index in [0.29, 0.717) is 28.5 Å². The first kappa shape index (κ1) is 21.4. The molecule has 1 amide bonds. The van der Waals surface area contributed by atoms with Crippen LogP contribution in [0.2, 0.25) is 10.0 Å². The smallest absolute Gasteiger partial charge is 0.297 e. The lowest BCUT2D eigenvalue weighted by Gasteiger charge is -2.28. The number of nitrogens with one attached hydrogen (secondary N) is 1. The molecule has 0 saturated carbocycles. The van der Waals surface area contributed by atoms with E-state index in [4.69, 9.17) is 23.2 Å². The van der Waals surface area contributed by atoms with Crippen molar-refractivity contribution in [2.24, 2.45) is 7.05 Å². The van der Waals surface area contributed by atoms with Gasteiger partial charge in [-0.2, -0.15) is 0 Å². The van der Waals surface area contributed by atoms with Gasteiger partial charge in [-0.25, -0.2) is 17.7 Å². The Morgan fingerprint density at radius 3 is 2.69 bits per heavy atom. The lowest BCUT2D eigenvalue weighted by Crippen LogP contribution is -2.42. The summed E-state index contributed by atoms with van der Waals surface area (Å²) in [6, 6.07) is 4.73. The van der Waals surface area contributed by atoms with E-state index in [1.807, 2.05) is 0 Å². The highest BCUT2D eigenvalue weighted by molar-refractivity contribution is 7.92. The number of benzene rings is 1. The molecule has 0 bridgehead atoms. The number of hydrogen-bond acceptors (Lipinski definition) is 6. The number of sulfonamides is 1. The second-order valence-electron chi connectivity index (χ2n) is 6.49. The third-order valence-corrected chi connectivity index (χ3v) is 6.89. The van der Waals surface area contributed by atoms with Gasteiger partial charge in [0.2, 0.25) is 21.7 Å². The van der Waals surface area contributed by atoms with Crippen LogP contribution in [0.1, 0.15) is 28.9 Å². The van der Waals surface area contributed by atoms with Crippen LogP contribution in [0.25, 0.3) is 0 Å². The van der Waals surface area contributed by atoms with Gasteiger partial charge in [-0.05, 0) is 30.5 Å². The summed E-state index contributed by atoms with van der Waals surface area (Å²) in [4.78, 5) is 28.9. The number of nitrogens with zero attached hydrogens (tertiary/aromatic N) is 3. The second-order valence-corrected chi connectivity index (χ2v) is 9.34. The second kappa shape index (κ2) is 8.21. The molecule has 0 radical (unpaired) electrons. The van der Waals surface area contributed by atoms with Gasteiger partial charge in [-0.15, -0.1) is 0 Å². The number of rotatable bonds is 4. The number of aromatic hydroxyl groups is 1. The van der Waals surface area contributed by atoms with Gasteiger partial charge in [0.1, 0.15) is 0 Å². The number of carbonyl (C=O) groups excluding carboxylic acids is 1. The molecule has 1 aromatic carbocycles. The maximum Gasteiger partial charge on any atom is 0.297 e. The van der Waals surface area contributed by atoms with E-state index in [9.17, 15) is 23.1 Å². The fourth-order valence-corrected chi connectivity index (χ4v) is 4.98. The Morgan fingerprint density at radius 1 is 1.31 bits per heavy atom. The molecule has 156 valence electrons. The fraction of sp³-hybridized carbons (Fsp3) is 0.353. The maximum absolute atomic E-state index is 12.6. The molecule has 29 heavy (non-hydrogen) atoms. The van der Waals surface area contributed by atoms with Crippen molar-refractivity contribution in [3.05, 3.63) is 49.9 Å². The van der Waals surface area contributed by atoms with E-state index in [0.717, 1.165) is 8.87 Å². The normalized spacial score (nSPS) is 15.9. The molecule has 1 aliphatic rings. The van der Waals surface area contributed by atoms with Crippen molar-refractivity contribution in [1.82, 2.24) is 14.9 Å². The Balaban J connectivity index is 1.93. The predicted molar refractivity (Wildman–Crippen MR) is 109 cm³/mol. The minimum Gasteiger partial charge on any atom is -0.501 e. The van der Waals surface area contributed by atoms with Gasteiger partial charge in [-0.1, -0.05) is 29.3 Å². The lowest BCUT2D eigenvalue weighted by molar-refractivity contribution is 0.0942. The van der Waals surface area contributed by atoms with E-state index >= 15 is 0 Å². The van der Waals surface area contributed by atoms with Crippen LogP contribution in [0, 0.1) is 0 Å². The summed E-state index contributed by atoms with van der Waals surface area (Å²) in [5, 5.41) is 13.4. The molecule has 1 aliphatic heterocycles. The van der Waals surface area contributed by atoms with Crippen molar-refractivity contribution in [2.75, 3.05) is 16.6 Å². The van der Waals surface area contributed by atoms with Crippen LogP contribution >= 0.6 is 23.2 Å². The molecule has 1 fully saturated rings. The molecule has 9 nitrogen and oxygen atoms in total. The van der Waals surface area contributed by atoms with Gasteiger partial charge < -0.3 is 10.4 Å². The first-order valence-electron chi connectivity index (χ1n) is 8.64. The van der Waals surface area contributed by atoms with Crippen LogP contribution in [0.4, 0.5) is 5.95 Å². The third kappa shape index (κ3) is 4.34. The number of amides is 1. The Morgan fingerprint density at radius 2 is 2.03 bits per heavy atom. The molecule has 0 aliphatic carbocycles. The Labute approximate surface area is 176 Å². The number of hydrogen-bond donors (Lipinski definition) is 2. The summed E-state index contributed by atoms with van der Waals surface area (Å²) in [6.07, 6.45) is 1.09. The summed E-state index contributed by atoms with van der Waals surface area (Å²) < 4.78 is 26.6. The van der Waals surface area contributed by atoms with Crippen molar-refractivity contribution < 1.29 is 18.3 Å².